The van der Waals surface area contributed by atoms with Crippen LogP contribution in [0, 0.1) is 17.8 Å². The number of nitrogens with two attached hydrogens (primary N) is 1. The van der Waals surface area contributed by atoms with E-state index >= 15 is 4.39 Å². The second-order valence-corrected chi connectivity index (χ2v) is 10.2. The van der Waals surface area contributed by atoms with E-state index in [0.717, 1.165) is 0 Å². The first-order valence-corrected chi connectivity index (χ1v) is 11.6. The second-order valence-electron chi connectivity index (χ2n) is 10.2. The molecule has 0 saturated carbocycles. The molecule has 14 heteroatoms. The first-order chi connectivity index (χ1) is 17.6. The van der Waals surface area contributed by atoms with Gasteiger partial charge in [-0.05, 0) is 47.0 Å². The lowest BCUT2D eigenvalue weighted by Gasteiger charge is -2.50. The number of amides is 2. The number of hydrogen-bond donors (Lipinski definition) is 6. The Hall–Kier alpha value is -3.88. The number of carbonyl (C=O) groups excluding carboxylic acids is 4. The zero-order valence-corrected chi connectivity index (χ0v) is 21.1. The van der Waals surface area contributed by atoms with E-state index in [9.17, 15) is 39.6 Å². The minimum Gasteiger partial charge on any atom is -0.510 e. The summed E-state index contributed by atoms with van der Waals surface area (Å²) in [6.07, 6.45) is -0.444. The van der Waals surface area contributed by atoms with Gasteiger partial charge in [0.05, 0.1) is 18.2 Å². The third kappa shape index (κ3) is 3.83. The van der Waals surface area contributed by atoms with Gasteiger partial charge >= 0.3 is 0 Å². The molecule has 3 aliphatic carbocycles. The molecule has 4 rings (SSSR count). The molecule has 13 nitrogen and oxygen atoms in total. The van der Waals surface area contributed by atoms with E-state index in [1.165, 1.54) is 23.9 Å². The lowest BCUT2D eigenvalue weighted by atomic mass is 9.58. The summed E-state index contributed by atoms with van der Waals surface area (Å²) < 4.78 is 15.1. The Labute approximate surface area is 216 Å². The van der Waals surface area contributed by atoms with Gasteiger partial charge < -0.3 is 36.4 Å². The zero-order valence-electron chi connectivity index (χ0n) is 21.1. The van der Waals surface area contributed by atoms with Crippen LogP contribution in [0.3, 0.4) is 0 Å². The number of nitrogens with one attached hydrogen (secondary N) is 1. The number of rotatable bonds is 5. The van der Waals surface area contributed by atoms with Gasteiger partial charge in [-0.3, -0.25) is 24.1 Å². The van der Waals surface area contributed by atoms with Crippen molar-refractivity contribution in [3.8, 4) is 5.75 Å². The fourth-order valence-corrected chi connectivity index (χ4v) is 5.71. The Bertz CT molecular complexity index is 1350. The lowest BCUT2D eigenvalue weighted by molar-refractivity contribution is -0.148. The van der Waals surface area contributed by atoms with Crippen molar-refractivity contribution in [3.05, 3.63) is 39.7 Å². The number of aliphatic hydroxyl groups excluding tert-OH is 2. The summed E-state index contributed by atoms with van der Waals surface area (Å²) in [6.45, 7) is -0.131. The highest BCUT2D eigenvalue weighted by Crippen LogP contribution is 2.52. The van der Waals surface area contributed by atoms with Crippen LogP contribution in [0.25, 0.3) is 0 Å². The number of likely N-dealkylation sites (N-methyl/N-ethyl adjacent to an activating group) is 2. The predicted molar refractivity (Wildman–Crippen MR) is 129 cm³/mol. The zero-order chi connectivity index (χ0) is 28.4. The van der Waals surface area contributed by atoms with Crippen molar-refractivity contribution in [2.24, 2.45) is 17.6 Å². The number of halogens is 1. The number of primary amides is 1. The van der Waals surface area contributed by atoms with Crippen LogP contribution in [0.1, 0.15) is 22.3 Å². The molecule has 0 unspecified atom stereocenters. The van der Waals surface area contributed by atoms with Crippen LogP contribution in [0.2, 0.25) is 0 Å². The molecule has 204 valence electrons. The molecule has 2 amide bonds. The smallest absolute Gasteiger partial charge is 0.255 e. The van der Waals surface area contributed by atoms with E-state index in [1.807, 2.05) is 0 Å². The molecule has 0 spiro atoms. The Balaban J connectivity index is 1.88. The second kappa shape index (κ2) is 9.15. The summed E-state index contributed by atoms with van der Waals surface area (Å²) in [5.74, 6) is -11.0. The van der Waals surface area contributed by atoms with Crippen LogP contribution in [0.15, 0.2) is 22.7 Å². The summed E-state index contributed by atoms with van der Waals surface area (Å²) in [5.41, 5.74) is 0.247. The number of Topliss-reactive ketones (excluding diaryl/α,β-unsaturated/α-hetero) is 2. The fourth-order valence-electron chi connectivity index (χ4n) is 5.71. The van der Waals surface area contributed by atoms with Gasteiger partial charge in [-0.1, -0.05) is 0 Å². The molecule has 4 atom stereocenters. The largest absolute Gasteiger partial charge is 0.510 e. The number of nitrogens with zero attached hydrogens (tertiary/aromatic N) is 3. The highest BCUT2D eigenvalue weighted by molar-refractivity contribution is 6.24. The number of anilines is 1. The van der Waals surface area contributed by atoms with Crippen LogP contribution in [0.4, 0.5) is 10.2 Å². The normalized spacial score (nSPS) is 26.9. The molecular weight excluding hydrogens is 505 g/mol. The van der Waals surface area contributed by atoms with Gasteiger partial charge in [0.15, 0.2) is 23.0 Å². The summed E-state index contributed by atoms with van der Waals surface area (Å²) in [6, 6.07) is -1.16. The van der Waals surface area contributed by atoms with Crippen molar-refractivity contribution in [2.45, 2.75) is 24.5 Å². The van der Waals surface area contributed by atoms with Crippen LogP contribution >= 0.6 is 0 Å². The molecule has 0 radical (unpaired) electrons. The maximum atomic E-state index is 15.1. The Kier molecular flexibility index (Phi) is 6.54. The average Bonchev–Trinajstić information content (AvgIpc) is 2.78. The van der Waals surface area contributed by atoms with Gasteiger partial charge in [0.25, 0.3) is 5.91 Å². The van der Waals surface area contributed by atoms with Crippen molar-refractivity contribution < 1.29 is 44.0 Å². The highest BCUT2D eigenvalue weighted by Gasteiger charge is 2.63. The van der Waals surface area contributed by atoms with Crippen LogP contribution in [-0.4, -0.2) is 105 Å². The molecule has 38 heavy (non-hydrogen) atoms. The first-order valence-electron chi connectivity index (χ1n) is 11.6. The third-order valence-corrected chi connectivity index (χ3v) is 7.25. The molecule has 0 aliphatic heterocycles. The molecule has 0 bridgehead atoms. The summed E-state index contributed by atoms with van der Waals surface area (Å²) in [7, 11) is 6.21. The number of ketones is 2. The molecule has 3 aliphatic rings. The number of aromatic nitrogens is 1. The topological polar surface area (TPSA) is 207 Å². The number of aromatic hydroxyl groups is 1. The van der Waals surface area contributed by atoms with Crippen molar-refractivity contribution in [3.63, 3.8) is 0 Å². The molecule has 7 N–H and O–H groups in total. The minimum atomic E-state index is -2.81. The Morgan fingerprint density at radius 1 is 1.18 bits per heavy atom. The van der Waals surface area contributed by atoms with Crippen LogP contribution < -0.4 is 11.1 Å². The van der Waals surface area contributed by atoms with Crippen molar-refractivity contribution >= 4 is 29.2 Å². The summed E-state index contributed by atoms with van der Waals surface area (Å²) in [4.78, 5) is 57.5. The number of allylic oxidation sites excluding steroid dienone is 1. The van der Waals surface area contributed by atoms with E-state index < -0.39 is 92.6 Å². The maximum absolute atomic E-state index is 15.1. The molecule has 0 aromatic carbocycles. The maximum Gasteiger partial charge on any atom is 0.255 e. The quantitative estimate of drug-likeness (QED) is 0.203. The predicted octanol–water partition coefficient (Wildman–Crippen LogP) is -0.845. The molecule has 0 fully saturated rings. The van der Waals surface area contributed by atoms with Crippen molar-refractivity contribution in [2.75, 3.05) is 40.1 Å². The first kappa shape index (κ1) is 27.2. The van der Waals surface area contributed by atoms with Gasteiger partial charge in [-0.2, -0.15) is 9.37 Å². The number of hydrogen-bond acceptors (Lipinski definition) is 11. The molecular formula is C24H28FN5O8. The number of pyridine rings is 1. The number of carbonyl (C=O) groups is 4. The summed E-state index contributed by atoms with van der Waals surface area (Å²) in [5, 5.41) is 46.5. The molecule has 0 saturated heterocycles. The van der Waals surface area contributed by atoms with E-state index in [-0.39, 0.29) is 24.9 Å². The molecule has 1 heterocycles. The van der Waals surface area contributed by atoms with Gasteiger partial charge in [0.2, 0.25) is 17.6 Å². The van der Waals surface area contributed by atoms with Gasteiger partial charge in [-0.25, -0.2) is 0 Å². The average molecular weight is 534 g/mol. The lowest BCUT2D eigenvalue weighted by Crippen LogP contribution is -2.63. The third-order valence-electron chi connectivity index (χ3n) is 7.25. The van der Waals surface area contributed by atoms with Gasteiger partial charge in [0.1, 0.15) is 17.1 Å². The number of fused-ring (bicyclic) bond motifs is 3. The molecule has 1 aromatic heterocycles. The van der Waals surface area contributed by atoms with Crippen molar-refractivity contribution in [1.29, 1.82) is 0 Å². The minimum absolute atomic E-state index is 0.131. The Morgan fingerprint density at radius 3 is 2.37 bits per heavy atom. The SMILES string of the molecule is CN(C)CC(=O)Nc1nc(F)c2c(c1O)C(=O)C1=C(O)[C@]3(O)C(=O)C(C(N)=O)=C(O)[C@@H](N(C)C)[C@@H]3C[C@@H]1C2. The van der Waals surface area contributed by atoms with Crippen molar-refractivity contribution in [1.82, 2.24) is 14.8 Å². The molecule has 1 aromatic rings. The van der Waals surface area contributed by atoms with Gasteiger partial charge in [-0.15, -0.1) is 0 Å². The highest BCUT2D eigenvalue weighted by atomic mass is 19.1. The van der Waals surface area contributed by atoms with Crippen LogP contribution in [-0.2, 0) is 20.8 Å². The monoisotopic (exact) mass is 533 g/mol. The van der Waals surface area contributed by atoms with Crippen LogP contribution in [0.5, 0.6) is 5.75 Å². The van der Waals surface area contributed by atoms with E-state index in [2.05, 4.69) is 10.3 Å². The van der Waals surface area contributed by atoms with E-state index in [4.69, 9.17) is 5.73 Å². The standard InChI is InChI=1S/C24H28FN5O8/c1-29(2)7-11(31)27-23-18(34)13-9(21(25)28-23)5-8-6-10-15(30(3)4)17(33)14(22(26)37)20(36)24(10,38)19(35)12(8)16(13)32/h8,10,15,33-35,38H,5-7H2,1-4H3,(H2,26,37)(H,27,28,31)/t8-,10-,15-,24-/m0/s1. The summed E-state index contributed by atoms with van der Waals surface area (Å²) >= 11 is 0. The Morgan fingerprint density at radius 2 is 1.82 bits per heavy atom. The number of aliphatic hydroxyl groups is 3. The van der Waals surface area contributed by atoms with E-state index in [1.54, 1.807) is 14.1 Å². The van der Waals surface area contributed by atoms with E-state index in [0.29, 0.717) is 0 Å². The fraction of sp³-hybridized carbons (Fsp3) is 0.458. The van der Waals surface area contributed by atoms with Gasteiger partial charge in [0, 0.05) is 17.1 Å².